The highest BCUT2D eigenvalue weighted by atomic mass is 19.4. The van der Waals surface area contributed by atoms with Crippen molar-refractivity contribution < 1.29 is 18.0 Å². The molecule has 1 amide bonds. The van der Waals surface area contributed by atoms with Crippen LogP contribution >= 0.6 is 0 Å². The largest absolute Gasteiger partial charge is 0.416 e. The third kappa shape index (κ3) is 4.98. The van der Waals surface area contributed by atoms with Crippen molar-refractivity contribution >= 4 is 17.3 Å². The van der Waals surface area contributed by atoms with E-state index in [0.29, 0.717) is 5.69 Å². The second-order valence-corrected chi connectivity index (χ2v) is 5.64. The number of carbonyl (C=O) groups excluding carboxylic acids is 1. The minimum Gasteiger partial charge on any atom is -0.376 e. The van der Waals surface area contributed by atoms with Crippen LogP contribution in [0.2, 0.25) is 0 Å². The fourth-order valence-corrected chi connectivity index (χ4v) is 2.55. The number of rotatable bonds is 6. The van der Waals surface area contributed by atoms with Gasteiger partial charge in [0.2, 0.25) is 5.91 Å². The Balaban J connectivity index is 2.00. The van der Waals surface area contributed by atoms with Crippen LogP contribution in [0.3, 0.4) is 0 Å². The van der Waals surface area contributed by atoms with Gasteiger partial charge in [0.1, 0.15) is 0 Å². The molecule has 2 aromatic rings. The third-order valence-electron chi connectivity index (χ3n) is 3.93. The molecule has 0 aliphatic heterocycles. The zero-order valence-corrected chi connectivity index (χ0v) is 14.2. The van der Waals surface area contributed by atoms with Crippen molar-refractivity contribution in [2.75, 3.05) is 17.2 Å². The summed E-state index contributed by atoms with van der Waals surface area (Å²) in [5.74, 6) is -0.240. The molecule has 0 bridgehead atoms. The molecule has 0 heterocycles. The van der Waals surface area contributed by atoms with Crippen LogP contribution in [0.4, 0.5) is 24.5 Å². The van der Waals surface area contributed by atoms with Crippen LogP contribution in [-0.2, 0) is 23.8 Å². The number of para-hydroxylation sites is 1. The van der Waals surface area contributed by atoms with Crippen LogP contribution in [0, 0.1) is 0 Å². The van der Waals surface area contributed by atoms with E-state index in [2.05, 4.69) is 10.6 Å². The second-order valence-electron chi connectivity index (χ2n) is 5.64. The first-order valence-corrected chi connectivity index (χ1v) is 8.16. The number of amides is 1. The van der Waals surface area contributed by atoms with Gasteiger partial charge in [-0.05, 0) is 48.2 Å². The van der Waals surface area contributed by atoms with Crippen LogP contribution in [0.1, 0.15) is 30.5 Å². The lowest BCUT2D eigenvalue weighted by Crippen LogP contribution is -2.23. The number of hydrogen-bond donors (Lipinski definition) is 2. The molecule has 0 atom stereocenters. The van der Waals surface area contributed by atoms with E-state index in [0.717, 1.165) is 41.8 Å². The minimum atomic E-state index is -4.36. The van der Waals surface area contributed by atoms with Gasteiger partial charge in [0, 0.05) is 11.4 Å². The maximum atomic E-state index is 12.5. The molecule has 0 unspecified atom stereocenters. The fraction of sp³-hybridized carbons (Fsp3) is 0.316. The smallest absolute Gasteiger partial charge is 0.376 e. The SMILES string of the molecule is CCc1cccc(CC)c1NC(=O)CNc1ccc(C(F)(F)F)cc1. The van der Waals surface area contributed by atoms with Gasteiger partial charge in [-0.2, -0.15) is 13.2 Å². The normalized spacial score (nSPS) is 11.2. The number of aryl methyl sites for hydroxylation is 2. The summed E-state index contributed by atoms with van der Waals surface area (Å²) >= 11 is 0. The number of anilines is 2. The molecule has 0 aliphatic rings. The number of benzene rings is 2. The summed E-state index contributed by atoms with van der Waals surface area (Å²) in [6.07, 6.45) is -2.76. The Morgan fingerprint density at radius 2 is 1.52 bits per heavy atom. The molecule has 0 saturated carbocycles. The second kappa shape index (κ2) is 8.05. The molecular weight excluding hydrogens is 329 g/mol. The number of alkyl halides is 3. The predicted molar refractivity (Wildman–Crippen MR) is 93.8 cm³/mol. The lowest BCUT2D eigenvalue weighted by atomic mass is 10.0. The molecule has 2 rings (SSSR count). The van der Waals surface area contributed by atoms with Crippen LogP contribution in [-0.4, -0.2) is 12.5 Å². The van der Waals surface area contributed by atoms with Gasteiger partial charge in [0.05, 0.1) is 12.1 Å². The molecule has 25 heavy (non-hydrogen) atoms. The van der Waals surface area contributed by atoms with Crippen LogP contribution in [0.25, 0.3) is 0 Å². The monoisotopic (exact) mass is 350 g/mol. The maximum absolute atomic E-state index is 12.5. The average Bonchev–Trinajstić information content (AvgIpc) is 2.59. The van der Waals surface area contributed by atoms with Gasteiger partial charge < -0.3 is 10.6 Å². The topological polar surface area (TPSA) is 41.1 Å². The van der Waals surface area contributed by atoms with E-state index in [1.165, 1.54) is 12.1 Å². The van der Waals surface area contributed by atoms with Crippen LogP contribution in [0.5, 0.6) is 0 Å². The van der Waals surface area contributed by atoms with Gasteiger partial charge >= 0.3 is 6.18 Å². The summed E-state index contributed by atoms with van der Waals surface area (Å²) in [6.45, 7) is 4.02. The average molecular weight is 350 g/mol. The summed E-state index contributed by atoms with van der Waals surface area (Å²) in [7, 11) is 0. The molecule has 0 saturated heterocycles. The summed E-state index contributed by atoms with van der Waals surface area (Å²) < 4.78 is 37.6. The molecule has 0 radical (unpaired) electrons. The molecule has 2 aromatic carbocycles. The molecular formula is C19H21F3N2O. The van der Waals surface area contributed by atoms with E-state index in [1.54, 1.807) is 0 Å². The van der Waals surface area contributed by atoms with Crippen molar-refractivity contribution in [2.45, 2.75) is 32.9 Å². The van der Waals surface area contributed by atoms with Crippen molar-refractivity contribution in [3.63, 3.8) is 0 Å². The Morgan fingerprint density at radius 1 is 0.960 bits per heavy atom. The Bertz CT molecular complexity index is 702. The van der Waals surface area contributed by atoms with Gasteiger partial charge in [-0.15, -0.1) is 0 Å². The Kier molecular flexibility index (Phi) is 6.07. The van der Waals surface area contributed by atoms with E-state index in [1.807, 2.05) is 32.0 Å². The molecule has 3 nitrogen and oxygen atoms in total. The van der Waals surface area contributed by atoms with Gasteiger partial charge in [-0.3, -0.25) is 4.79 Å². The number of carbonyl (C=O) groups is 1. The lowest BCUT2D eigenvalue weighted by molar-refractivity contribution is -0.137. The number of halogens is 3. The number of nitrogens with one attached hydrogen (secondary N) is 2. The highest BCUT2D eigenvalue weighted by Gasteiger charge is 2.29. The van der Waals surface area contributed by atoms with Crippen LogP contribution < -0.4 is 10.6 Å². The highest BCUT2D eigenvalue weighted by Crippen LogP contribution is 2.29. The molecule has 0 aliphatic carbocycles. The quantitative estimate of drug-likeness (QED) is 0.779. The van der Waals surface area contributed by atoms with Gasteiger partial charge in [-0.1, -0.05) is 32.0 Å². The van der Waals surface area contributed by atoms with Crippen molar-refractivity contribution in [3.05, 3.63) is 59.2 Å². The predicted octanol–water partition coefficient (Wildman–Crippen LogP) is 4.88. The van der Waals surface area contributed by atoms with Gasteiger partial charge in [0.15, 0.2) is 0 Å². The first-order valence-electron chi connectivity index (χ1n) is 8.16. The minimum absolute atomic E-state index is 0.0213. The van der Waals surface area contributed by atoms with Crippen molar-refractivity contribution in [1.29, 1.82) is 0 Å². The molecule has 0 spiro atoms. The van der Waals surface area contributed by atoms with Gasteiger partial charge in [-0.25, -0.2) is 0 Å². The van der Waals surface area contributed by atoms with Crippen LogP contribution in [0.15, 0.2) is 42.5 Å². The van der Waals surface area contributed by atoms with E-state index in [-0.39, 0.29) is 12.5 Å². The van der Waals surface area contributed by atoms with Gasteiger partial charge in [0.25, 0.3) is 0 Å². The Hall–Kier alpha value is -2.50. The standard InChI is InChI=1S/C19H21F3N2O/c1-3-13-6-5-7-14(4-2)18(13)24-17(25)12-23-16-10-8-15(9-11-16)19(20,21)22/h5-11,23H,3-4,12H2,1-2H3,(H,24,25). The summed E-state index contributed by atoms with van der Waals surface area (Å²) in [5, 5.41) is 5.74. The molecule has 134 valence electrons. The number of hydrogen-bond acceptors (Lipinski definition) is 2. The Morgan fingerprint density at radius 3 is 2.00 bits per heavy atom. The first kappa shape index (κ1) is 18.8. The fourth-order valence-electron chi connectivity index (χ4n) is 2.55. The van der Waals surface area contributed by atoms with E-state index < -0.39 is 11.7 Å². The Labute approximate surface area is 145 Å². The zero-order valence-electron chi connectivity index (χ0n) is 14.2. The van der Waals surface area contributed by atoms with Crippen molar-refractivity contribution in [3.8, 4) is 0 Å². The molecule has 0 fully saturated rings. The van der Waals surface area contributed by atoms with Crippen molar-refractivity contribution in [1.82, 2.24) is 0 Å². The van der Waals surface area contributed by atoms with E-state index in [9.17, 15) is 18.0 Å². The van der Waals surface area contributed by atoms with E-state index >= 15 is 0 Å². The third-order valence-corrected chi connectivity index (χ3v) is 3.93. The highest BCUT2D eigenvalue weighted by molar-refractivity contribution is 5.95. The molecule has 6 heteroatoms. The summed E-state index contributed by atoms with van der Waals surface area (Å²) in [4.78, 5) is 12.2. The molecule has 2 N–H and O–H groups in total. The van der Waals surface area contributed by atoms with Crippen molar-refractivity contribution in [2.24, 2.45) is 0 Å². The maximum Gasteiger partial charge on any atom is 0.416 e. The summed E-state index contributed by atoms with van der Waals surface area (Å²) in [6, 6.07) is 10.5. The van der Waals surface area contributed by atoms with E-state index in [4.69, 9.17) is 0 Å². The zero-order chi connectivity index (χ0) is 18.4. The molecule has 0 aromatic heterocycles. The summed E-state index contributed by atoms with van der Waals surface area (Å²) in [5.41, 5.74) is 2.69. The lowest BCUT2D eigenvalue weighted by Gasteiger charge is -2.15. The first-order chi connectivity index (χ1) is 11.8.